The topological polar surface area (TPSA) is 199 Å². The molecule has 2 heterocycles. The molecule has 2 rings (SSSR count). The lowest BCUT2D eigenvalue weighted by Crippen LogP contribution is -2.56. The molecule has 252 valence electrons. The van der Waals surface area contributed by atoms with Gasteiger partial charge in [-0.25, -0.2) is 19.4 Å². The van der Waals surface area contributed by atoms with Gasteiger partial charge in [0.1, 0.15) is 17.2 Å². The average molecular weight is 628 g/mol. The number of carbonyl (C=O) groups is 3. The van der Waals surface area contributed by atoms with Crippen LogP contribution in [0, 0.1) is 5.92 Å². The third-order valence-electron chi connectivity index (χ3n) is 5.40. The van der Waals surface area contributed by atoms with E-state index < -0.39 is 53.1 Å². The normalized spacial score (nSPS) is 15.8. The number of carboxylic acids is 1. The Bertz CT molecular complexity index is 1170. The molecule has 15 nitrogen and oxygen atoms in total. The zero-order valence-corrected chi connectivity index (χ0v) is 28.4. The summed E-state index contributed by atoms with van der Waals surface area (Å²) in [5.41, 5.74) is -1.90. The molecule has 44 heavy (non-hydrogen) atoms. The molecule has 0 aliphatic carbocycles. The van der Waals surface area contributed by atoms with E-state index in [-0.39, 0.29) is 29.9 Å². The second-order valence-corrected chi connectivity index (χ2v) is 12.3. The summed E-state index contributed by atoms with van der Waals surface area (Å²) in [6, 6.07) is -1.57. The van der Waals surface area contributed by atoms with E-state index in [0.29, 0.717) is 6.42 Å². The summed E-state index contributed by atoms with van der Waals surface area (Å²) < 4.78 is 10.4. The van der Waals surface area contributed by atoms with Crippen LogP contribution in [0.5, 0.6) is 0 Å². The summed E-state index contributed by atoms with van der Waals surface area (Å²) in [4.78, 5) is 61.4. The summed E-state index contributed by atoms with van der Waals surface area (Å²) >= 11 is 0. The Balaban J connectivity index is 0.000000926. The minimum atomic E-state index is -1.06. The summed E-state index contributed by atoms with van der Waals surface area (Å²) in [6.07, 6.45) is -0.326. The van der Waals surface area contributed by atoms with Crippen LogP contribution in [0.25, 0.3) is 0 Å². The number of ether oxygens (including phenoxy) is 2. The molecule has 1 aromatic rings. The van der Waals surface area contributed by atoms with Crippen molar-refractivity contribution < 1.29 is 34.1 Å². The van der Waals surface area contributed by atoms with E-state index in [9.17, 15) is 24.3 Å². The molecular formula is C29H53N7O8. The lowest BCUT2D eigenvalue weighted by Gasteiger charge is -2.39. The molecule has 0 radical (unpaired) electrons. The van der Waals surface area contributed by atoms with Gasteiger partial charge in [0.2, 0.25) is 5.95 Å². The number of alkyl carbamates (subject to hydrolysis) is 1. The minimum Gasteiger partial charge on any atom is -0.480 e. The number of nitrogens with one attached hydrogen (secondary N) is 3. The van der Waals surface area contributed by atoms with E-state index in [1.54, 1.807) is 81.3 Å². The summed E-state index contributed by atoms with van der Waals surface area (Å²) in [5, 5.41) is 24.5. The maximum absolute atomic E-state index is 12.8. The van der Waals surface area contributed by atoms with Crippen molar-refractivity contribution >= 4 is 41.9 Å². The zero-order chi connectivity index (χ0) is 34.6. The van der Waals surface area contributed by atoms with Crippen LogP contribution in [0.15, 0.2) is 9.79 Å². The van der Waals surface area contributed by atoms with E-state index >= 15 is 0 Å². The van der Waals surface area contributed by atoms with Gasteiger partial charge < -0.3 is 35.2 Å². The molecule has 0 spiro atoms. The Kier molecular flexibility index (Phi) is 15.9. The first kappa shape index (κ1) is 40.1. The van der Waals surface area contributed by atoms with Crippen LogP contribution >= 0.6 is 0 Å². The number of nitrogens with zero attached hydrogens (tertiary/aromatic N) is 4. The monoisotopic (exact) mass is 627 g/mol. The fraction of sp³-hybridized carbons (Fsp3) is 0.724. The van der Waals surface area contributed by atoms with E-state index in [4.69, 9.17) is 14.6 Å². The molecule has 0 fully saturated rings. The van der Waals surface area contributed by atoms with Crippen molar-refractivity contribution in [2.75, 3.05) is 30.9 Å². The van der Waals surface area contributed by atoms with Gasteiger partial charge in [-0.15, -0.1) is 0 Å². The van der Waals surface area contributed by atoms with Crippen LogP contribution < -0.4 is 21.1 Å². The van der Waals surface area contributed by atoms with Crippen LogP contribution in [-0.2, 0) is 14.3 Å². The average Bonchev–Trinajstić information content (AvgIpc) is 2.88. The van der Waals surface area contributed by atoms with Gasteiger partial charge in [-0.1, -0.05) is 34.6 Å². The predicted octanol–water partition coefficient (Wildman–Crippen LogP) is 3.94. The first-order valence-corrected chi connectivity index (χ1v) is 14.7. The van der Waals surface area contributed by atoms with E-state index in [1.165, 1.54) is 11.2 Å². The highest BCUT2D eigenvalue weighted by molar-refractivity contribution is 5.93. The lowest BCUT2D eigenvalue weighted by molar-refractivity contribution is -0.140. The Morgan fingerprint density at radius 2 is 1.68 bits per heavy atom. The van der Waals surface area contributed by atoms with Crippen LogP contribution in [0.2, 0.25) is 0 Å². The number of aliphatic imine (C=N–C) groups is 1. The maximum atomic E-state index is 12.8. The summed E-state index contributed by atoms with van der Waals surface area (Å²) in [6.45, 7) is 19.8. The molecule has 15 heteroatoms. The molecule has 1 aliphatic heterocycles. The Hall–Kier alpha value is -3.88. The number of H-pyrrole nitrogens is 1. The van der Waals surface area contributed by atoms with E-state index in [2.05, 4.69) is 25.6 Å². The van der Waals surface area contributed by atoms with Crippen LogP contribution in [0.3, 0.4) is 0 Å². The molecule has 0 aromatic carbocycles. The fourth-order valence-corrected chi connectivity index (χ4v) is 3.56. The summed E-state index contributed by atoms with van der Waals surface area (Å²) in [7, 11) is 3.58. The minimum absolute atomic E-state index is 0.0109. The Morgan fingerprint density at radius 3 is 2.11 bits per heavy atom. The second kappa shape index (κ2) is 17.4. The van der Waals surface area contributed by atoms with Crippen molar-refractivity contribution in [3.8, 4) is 0 Å². The van der Waals surface area contributed by atoms with Crippen LogP contribution in [0.1, 0.15) is 82.6 Å². The van der Waals surface area contributed by atoms with Crippen LogP contribution in [0.4, 0.5) is 27.0 Å². The van der Waals surface area contributed by atoms with Gasteiger partial charge in [-0.2, -0.15) is 4.98 Å². The number of aromatic nitrogens is 2. The Morgan fingerprint density at radius 1 is 1.14 bits per heavy atom. The molecule has 0 saturated heterocycles. The van der Waals surface area contributed by atoms with E-state index in [0.717, 1.165) is 0 Å². The number of carboxylic acid groups (broad SMARTS) is 1. The van der Waals surface area contributed by atoms with Gasteiger partial charge >= 0.3 is 18.2 Å². The number of anilines is 2. The number of aliphatic hydroxyl groups is 1. The van der Waals surface area contributed by atoms with Gasteiger partial charge in [-0.05, 0) is 53.9 Å². The number of hydrogen-bond acceptors (Lipinski definition) is 10. The third kappa shape index (κ3) is 13.6. The molecule has 3 unspecified atom stereocenters. The highest BCUT2D eigenvalue weighted by Crippen LogP contribution is 2.30. The molecule has 5 N–H and O–H groups in total. The number of amides is 2. The zero-order valence-electron chi connectivity index (χ0n) is 28.4. The first-order chi connectivity index (χ1) is 20.2. The fourth-order valence-electron chi connectivity index (χ4n) is 3.56. The van der Waals surface area contributed by atoms with Crippen molar-refractivity contribution in [3.05, 3.63) is 10.4 Å². The smallest absolute Gasteiger partial charge is 0.415 e. The largest absolute Gasteiger partial charge is 0.480 e. The standard InChI is InChI=1S/C17H28N6O4.C10H19NO4.C2H6/c1-7-11(24)10-8-18-13-12(23(10)16(26)27-17(2,3)4)14(25)21-15(20-13)19-9-22(5)6;1-6(2)7(8(12)13)11-9(14)15-10(3,4)5;1-2/h9-11,24H,7-8H2,1-6H3,(H2,18,20,21,25);6-7H,1-5H3,(H,11,14)(H,12,13);1-2H3/b19-9+;;. The van der Waals surface area contributed by atoms with Crippen molar-refractivity contribution in [1.82, 2.24) is 20.2 Å². The van der Waals surface area contributed by atoms with Gasteiger partial charge in [0.05, 0.1) is 18.5 Å². The van der Waals surface area contributed by atoms with Crippen molar-refractivity contribution in [1.29, 1.82) is 0 Å². The molecule has 1 aliphatic rings. The number of aliphatic carboxylic acids is 1. The predicted molar refractivity (Wildman–Crippen MR) is 171 cm³/mol. The number of aliphatic hydroxyl groups excluding tert-OH is 1. The molecule has 2 amide bonds. The third-order valence-corrected chi connectivity index (χ3v) is 5.40. The number of aromatic amines is 1. The number of fused-ring (bicyclic) bond motifs is 1. The number of carbonyl (C=O) groups excluding carboxylic acids is 2. The lowest BCUT2D eigenvalue weighted by atomic mass is 10.0. The Labute approximate surface area is 260 Å². The molecule has 1 aromatic heterocycles. The number of hydrogen-bond donors (Lipinski definition) is 5. The van der Waals surface area contributed by atoms with E-state index in [1.807, 2.05) is 13.8 Å². The van der Waals surface area contributed by atoms with Crippen LogP contribution in [-0.4, -0.2) is 99.6 Å². The quantitative estimate of drug-likeness (QED) is 0.217. The van der Waals surface area contributed by atoms with Crippen molar-refractivity contribution in [2.24, 2.45) is 10.9 Å². The number of rotatable bonds is 7. The van der Waals surface area contributed by atoms with Gasteiger partial charge in [-0.3, -0.25) is 14.7 Å². The molecular weight excluding hydrogens is 574 g/mol. The second-order valence-electron chi connectivity index (χ2n) is 12.3. The first-order valence-electron chi connectivity index (χ1n) is 14.7. The van der Waals surface area contributed by atoms with Gasteiger partial charge in [0.25, 0.3) is 5.56 Å². The molecule has 0 saturated carbocycles. The SMILES string of the molecule is CC.CC(C)C(NC(=O)OC(C)(C)C)C(=O)O.CCC(O)C1CNc2nc(/N=C/N(C)C)[nH]c(=O)c2N1C(=O)OC(C)(C)C. The van der Waals surface area contributed by atoms with Gasteiger partial charge in [0.15, 0.2) is 11.5 Å². The molecule has 0 bridgehead atoms. The van der Waals surface area contributed by atoms with Crippen molar-refractivity contribution in [3.63, 3.8) is 0 Å². The maximum Gasteiger partial charge on any atom is 0.415 e. The highest BCUT2D eigenvalue weighted by Gasteiger charge is 2.40. The summed E-state index contributed by atoms with van der Waals surface area (Å²) in [5.74, 6) is -0.917. The highest BCUT2D eigenvalue weighted by atomic mass is 16.6. The van der Waals surface area contributed by atoms with Gasteiger partial charge in [0, 0.05) is 20.6 Å². The molecule has 3 atom stereocenters. The van der Waals surface area contributed by atoms with Crippen molar-refractivity contribution in [2.45, 2.75) is 112 Å².